The van der Waals surface area contributed by atoms with Crippen molar-refractivity contribution < 1.29 is 8.28 Å². The van der Waals surface area contributed by atoms with Gasteiger partial charge in [0, 0.05) is 47.5 Å². The number of benzene rings is 3. The molecule has 256 valence electrons. The van der Waals surface area contributed by atoms with Crippen molar-refractivity contribution in [2.24, 2.45) is 4.99 Å². The van der Waals surface area contributed by atoms with Gasteiger partial charge in [-0.15, -0.1) is 0 Å². The molecule has 0 radical (unpaired) electrons. The van der Waals surface area contributed by atoms with E-state index in [4.69, 9.17) is 0 Å². The number of fused-ring (bicyclic) bond motifs is 1. The van der Waals surface area contributed by atoms with Gasteiger partial charge in [0.25, 0.3) is 0 Å². The van der Waals surface area contributed by atoms with E-state index >= 15 is 4.39 Å². The number of anilines is 5. The van der Waals surface area contributed by atoms with E-state index in [9.17, 15) is 3.89 Å². The predicted octanol–water partition coefficient (Wildman–Crippen LogP) is 9.03. The van der Waals surface area contributed by atoms with Gasteiger partial charge < -0.3 is 30.7 Å². The third-order valence-electron chi connectivity index (χ3n) is 10.7. The van der Waals surface area contributed by atoms with Crippen molar-refractivity contribution in [3.05, 3.63) is 103 Å². The quantitative estimate of drug-likeness (QED) is 0.195. The summed E-state index contributed by atoms with van der Waals surface area (Å²) in [6.45, 7) is 20.3. The van der Waals surface area contributed by atoms with Crippen molar-refractivity contribution >= 4 is 53.0 Å². The molecule has 3 saturated heterocycles. The summed E-state index contributed by atoms with van der Waals surface area (Å²) in [5.74, 6) is 0.133. The molecule has 4 aliphatic heterocycles. The lowest BCUT2D eigenvalue weighted by Crippen LogP contribution is -2.47. The zero-order chi connectivity index (χ0) is 34.1. The highest BCUT2D eigenvalue weighted by molar-refractivity contribution is 7.94. The van der Waals surface area contributed by atoms with Gasteiger partial charge in [0.15, 0.2) is 0 Å². The van der Waals surface area contributed by atoms with E-state index in [2.05, 4.69) is 80.3 Å². The molecule has 49 heavy (non-hydrogen) atoms. The summed E-state index contributed by atoms with van der Waals surface area (Å²) in [5, 5.41) is 10.2. The molecule has 0 spiro atoms. The Hall–Kier alpha value is -4.28. The third-order valence-corrected chi connectivity index (χ3v) is 11.2. The molecule has 7 nitrogen and oxygen atoms in total. The van der Waals surface area contributed by atoms with Crippen molar-refractivity contribution in [1.29, 1.82) is 0 Å². The number of aliphatic imine (C=N–C) groups is 1. The molecular weight excluding hydrogens is 637 g/mol. The summed E-state index contributed by atoms with van der Waals surface area (Å²) < 4.78 is 29.1. The molecule has 0 saturated carbocycles. The minimum atomic E-state index is -0.116. The number of likely N-dealkylation sites (tertiary alicyclic amines) is 1. The van der Waals surface area contributed by atoms with E-state index in [-0.39, 0.29) is 29.9 Å². The Labute approximate surface area is 293 Å². The van der Waals surface area contributed by atoms with Crippen molar-refractivity contribution in [2.75, 3.05) is 53.3 Å². The van der Waals surface area contributed by atoms with Crippen LogP contribution in [-0.4, -0.2) is 56.5 Å². The van der Waals surface area contributed by atoms with Crippen LogP contribution in [0.15, 0.2) is 95.6 Å². The van der Waals surface area contributed by atoms with Gasteiger partial charge in [-0.3, -0.25) is 4.99 Å². The van der Waals surface area contributed by atoms with Gasteiger partial charge in [-0.2, -0.15) is 3.89 Å². The summed E-state index contributed by atoms with van der Waals surface area (Å²) in [4.78, 5) is 11.7. The molecule has 1 unspecified atom stereocenters. The number of rotatable bonds is 9. The second kappa shape index (κ2) is 14.3. The molecule has 0 aromatic heterocycles. The van der Waals surface area contributed by atoms with Gasteiger partial charge >= 0.3 is 0 Å². The van der Waals surface area contributed by atoms with Crippen molar-refractivity contribution in [2.45, 2.75) is 61.4 Å². The first kappa shape index (κ1) is 33.2. The fourth-order valence-corrected chi connectivity index (χ4v) is 8.41. The second-order valence-electron chi connectivity index (χ2n) is 13.6. The first-order chi connectivity index (χ1) is 23.8. The number of hydrogen-bond acceptors (Lipinski definition) is 8. The van der Waals surface area contributed by atoms with Crippen LogP contribution in [0.4, 0.5) is 36.7 Å². The van der Waals surface area contributed by atoms with Crippen LogP contribution in [0, 0.1) is 5.82 Å². The standard InChI is InChI=1S/C39H45F2N7S/c1-25-8-12-34(26(2)44-25)45-29-9-11-32(33(40)22-29)28-14-18-46(19-15-28)30-16-20-47(21-17-30)31-10-13-36-35(23-31)43-24-48(36)37-6-5-7-38(49-41)39(37)27(3)42-4/h5-7,9-11,13,22-23,28,30,34,43-45H,1-4,8,12,14-21,24H2. The number of nitrogens with zero attached hydrogens (tertiary/aromatic N) is 4. The van der Waals surface area contributed by atoms with Gasteiger partial charge in [-0.25, -0.2) is 4.39 Å². The maximum Gasteiger partial charge on any atom is 0.128 e. The Balaban J connectivity index is 0.928. The number of halogens is 2. The number of nitrogens with one attached hydrogen (secondary N) is 3. The molecule has 10 heteroatoms. The fraction of sp³-hybridized carbons (Fsp3) is 0.359. The van der Waals surface area contributed by atoms with E-state index in [1.807, 2.05) is 24.3 Å². The molecule has 3 aromatic carbocycles. The van der Waals surface area contributed by atoms with Crippen LogP contribution >= 0.6 is 12.1 Å². The summed E-state index contributed by atoms with van der Waals surface area (Å²) in [7, 11) is 0. The van der Waals surface area contributed by atoms with Crippen molar-refractivity contribution in [3.63, 3.8) is 0 Å². The first-order valence-corrected chi connectivity index (χ1v) is 18.0. The van der Waals surface area contributed by atoms with E-state index in [1.165, 1.54) is 5.69 Å². The molecule has 7 rings (SSSR count). The minimum absolute atomic E-state index is 0.0714. The maximum atomic E-state index is 15.3. The molecule has 3 N–H and O–H groups in total. The van der Waals surface area contributed by atoms with E-state index in [1.54, 1.807) is 12.1 Å². The lowest BCUT2D eigenvalue weighted by Gasteiger charge is -2.42. The summed E-state index contributed by atoms with van der Waals surface area (Å²) >= 11 is 0.201. The normalized spacial score (nSPS) is 20.5. The zero-order valence-corrected chi connectivity index (χ0v) is 28.8. The molecule has 3 fully saturated rings. The van der Waals surface area contributed by atoms with Crippen LogP contribution in [0.1, 0.15) is 55.6 Å². The van der Waals surface area contributed by atoms with Gasteiger partial charge in [-0.05, 0) is 112 Å². The average Bonchev–Trinajstić information content (AvgIpc) is 3.56. The van der Waals surface area contributed by atoms with Crippen LogP contribution in [0.5, 0.6) is 0 Å². The SMILES string of the molecule is C=NC(=C)c1c(SF)cccc1N1CNc2cc(N3CCC(N4CCC(c5ccc(NC6CCC(=C)NC6=C)cc5F)CC4)CC3)ccc21. The van der Waals surface area contributed by atoms with Gasteiger partial charge in [0.2, 0.25) is 0 Å². The van der Waals surface area contributed by atoms with Crippen LogP contribution < -0.4 is 25.8 Å². The molecule has 4 heterocycles. The van der Waals surface area contributed by atoms with Crippen molar-refractivity contribution in [1.82, 2.24) is 10.2 Å². The van der Waals surface area contributed by atoms with Gasteiger partial charge in [0.1, 0.15) is 5.82 Å². The molecule has 0 amide bonds. The van der Waals surface area contributed by atoms with E-state index < -0.39 is 0 Å². The van der Waals surface area contributed by atoms with E-state index in [0.717, 1.165) is 104 Å². The highest BCUT2D eigenvalue weighted by atomic mass is 32.2. The Morgan fingerprint density at radius 3 is 2.45 bits per heavy atom. The highest BCUT2D eigenvalue weighted by Gasteiger charge is 2.31. The average molecular weight is 682 g/mol. The summed E-state index contributed by atoms with van der Waals surface area (Å²) in [6.07, 6.45) is 5.96. The van der Waals surface area contributed by atoms with Crippen molar-refractivity contribution in [3.8, 4) is 0 Å². The molecular formula is C39H45F2N7S. The Morgan fingerprint density at radius 2 is 1.73 bits per heavy atom. The molecule has 0 bridgehead atoms. The molecule has 4 aliphatic rings. The first-order valence-electron chi connectivity index (χ1n) is 17.2. The number of allylic oxidation sites excluding steroid dienone is 1. The Bertz CT molecular complexity index is 1760. The van der Waals surface area contributed by atoms with Crippen LogP contribution in [0.3, 0.4) is 0 Å². The second-order valence-corrected chi connectivity index (χ2v) is 14.1. The fourth-order valence-electron chi connectivity index (χ4n) is 7.98. The minimum Gasteiger partial charge on any atom is -0.377 e. The largest absolute Gasteiger partial charge is 0.377 e. The van der Waals surface area contributed by atoms with E-state index in [0.29, 0.717) is 28.9 Å². The molecule has 3 aromatic rings. The predicted molar refractivity (Wildman–Crippen MR) is 202 cm³/mol. The van der Waals surface area contributed by atoms with Gasteiger partial charge in [-0.1, -0.05) is 31.9 Å². The van der Waals surface area contributed by atoms with Crippen LogP contribution in [0.25, 0.3) is 5.70 Å². The molecule has 1 atom stereocenters. The Kier molecular flexibility index (Phi) is 9.69. The number of hydrogen-bond donors (Lipinski definition) is 3. The summed E-state index contributed by atoms with van der Waals surface area (Å²) in [5.41, 5.74) is 8.78. The smallest absolute Gasteiger partial charge is 0.128 e. The third kappa shape index (κ3) is 6.81. The van der Waals surface area contributed by atoms with Crippen LogP contribution in [-0.2, 0) is 0 Å². The lowest BCUT2D eigenvalue weighted by atomic mass is 9.87. The highest BCUT2D eigenvalue weighted by Crippen LogP contribution is 2.44. The lowest BCUT2D eigenvalue weighted by molar-refractivity contribution is 0.131. The Morgan fingerprint density at radius 1 is 0.939 bits per heavy atom. The topological polar surface area (TPSA) is 58.2 Å². The maximum absolute atomic E-state index is 15.3. The van der Waals surface area contributed by atoms with Crippen LogP contribution in [0.2, 0.25) is 0 Å². The van der Waals surface area contributed by atoms with Gasteiger partial charge in [0.05, 0.1) is 52.5 Å². The monoisotopic (exact) mass is 681 g/mol. The molecule has 0 aliphatic carbocycles. The number of piperidine rings is 3. The zero-order valence-electron chi connectivity index (χ0n) is 28.0. The summed E-state index contributed by atoms with van der Waals surface area (Å²) in [6, 6.07) is 18.4.